The average molecular weight is 357 g/mol. The second kappa shape index (κ2) is 7.26. The maximum absolute atomic E-state index is 5.57. The van der Waals surface area contributed by atoms with E-state index in [0.29, 0.717) is 17.1 Å². The first-order chi connectivity index (χ1) is 12.3. The molecule has 3 aromatic rings. The Balaban J connectivity index is 1.71. The van der Waals surface area contributed by atoms with Crippen LogP contribution in [0.25, 0.3) is 11.6 Å². The molecule has 1 fully saturated rings. The van der Waals surface area contributed by atoms with E-state index in [2.05, 4.69) is 24.7 Å². The Labute approximate surface area is 149 Å². The molecule has 8 heteroatoms. The Kier molecular flexibility index (Phi) is 4.69. The number of rotatable bonds is 5. The third-order valence-corrected chi connectivity index (χ3v) is 5.19. The van der Waals surface area contributed by atoms with Crippen molar-refractivity contribution in [1.82, 2.24) is 24.7 Å². The van der Waals surface area contributed by atoms with E-state index < -0.39 is 0 Å². The van der Waals surface area contributed by atoms with E-state index in [1.54, 1.807) is 25.6 Å². The summed E-state index contributed by atoms with van der Waals surface area (Å²) in [5.41, 5.74) is 0. The predicted octanol–water partition coefficient (Wildman–Crippen LogP) is 3.99. The second-order valence-electron chi connectivity index (χ2n) is 5.93. The lowest BCUT2D eigenvalue weighted by molar-refractivity contribution is 0.337. The molecule has 3 heterocycles. The number of ether oxygens (including phenoxy) is 1. The third-order valence-electron chi connectivity index (χ3n) is 4.35. The van der Waals surface area contributed by atoms with Crippen LogP contribution in [0.5, 0.6) is 5.88 Å². The number of aromatic nitrogens is 5. The van der Waals surface area contributed by atoms with E-state index in [9.17, 15) is 0 Å². The average Bonchev–Trinajstić information content (AvgIpc) is 3.32. The van der Waals surface area contributed by atoms with Gasteiger partial charge in [-0.05, 0) is 36.7 Å². The van der Waals surface area contributed by atoms with Crippen LogP contribution in [0.15, 0.2) is 45.4 Å². The summed E-state index contributed by atoms with van der Waals surface area (Å²) in [5, 5.41) is 10.2. The monoisotopic (exact) mass is 357 g/mol. The molecule has 1 aliphatic rings. The summed E-state index contributed by atoms with van der Waals surface area (Å²) in [6.45, 7) is 0. The van der Waals surface area contributed by atoms with E-state index in [-0.39, 0.29) is 0 Å². The highest BCUT2D eigenvalue weighted by Gasteiger charge is 2.25. The number of methoxy groups -OCH3 is 1. The fourth-order valence-corrected chi connectivity index (χ4v) is 3.99. The minimum atomic E-state index is 0.372. The lowest BCUT2D eigenvalue weighted by Gasteiger charge is -2.25. The van der Waals surface area contributed by atoms with E-state index in [1.165, 1.54) is 31.0 Å². The fourth-order valence-electron chi connectivity index (χ4n) is 3.16. The molecule has 0 N–H and O–H groups in total. The summed E-state index contributed by atoms with van der Waals surface area (Å²) in [6, 6.07) is 5.88. The van der Waals surface area contributed by atoms with Crippen LogP contribution in [0.1, 0.15) is 38.1 Å². The summed E-state index contributed by atoms with van der Waals surface area (Å²) < 4.78 is 12.9. The van der Waals surface area contributed by atoms with Gasteiger partial charge in [-0.25, -0.2) is 4.98 Å². The van der Waals surface area contributed by atoms with Crippen molar-refractivity contribution < 1.29 is 9.15 Å². The molecule has 25 heavy (non-hydrogen) atoms. The van der Waals surface area contributed by atoms with Crippen LogP contribution in [0.4, 0.5) is 0 Å². The summed E-state index contributed by atoms with van der Waals surface area (Å²) in [7, 11) is 1.59. The zero-order valence-corrected chi connectivity index (χ0v) is 14.8. The smallest absolute Gasteiger partial charge is 0.217 e. The Bertz CT molecular complexity index is 827. The molecule has 0 radical (unpaired) electrons. The van der Waals surface area contributed by atoms with Gasteiger partial charge in [0.15, 0.2) is 16.1 Å². The molecule has 0 bridgehead atoms. The van der Waals surface area contributed by atoms with Crippen LogP contribution in [0.3, 0.4) is 0 Å². The van der Waals surface area contributed by atoms with Gasteiger partial charge in [-0.2, -0.15) is 4.98 Å². The second-order valence-corrected chi connectivity index (χ2v) is 6.86. The minimum absolute atomic E-state index is 0.372. The van der Waals surface area contributed by atoms with Gasteiger partial charge in [-0.3, -0.25) is 4.57 Å². The van der Waals surface area contributed by atoms with Crippen LogP contribution in [-0.4, -0.2) is 31.8 Å². The van der Waals surface area contributed by atoms with Crippen molar-refractivity contribution in [3.63, 3.8) is 0 Å². The largest absolute Gasteiger partial charge is 0.481 e. The van der Waals surface area contributed by atoms with E-state index in [4.69, 9.17) is 9.15 Å². The van der Waals surface area contributed by atoms with Crippen molar-refractivity contribution in [3.05, 3.63) is 30.7 Å². The first-order valence-electron chi connectivity index (χ1n) is 8.39. The highest BCUT2D eigenvalue weighted by Crippen LogP contribution is 2.37. The number of furan rings is 1. The topological polar surface area (TPSA) is 78.9 Å². The quantitative estimate of drug-likeness (QED) is 0.639. The van der Waals surface area contributed by atoms with Crippen LogP contribution in [0.2, 0.25) is 0 Å². The van der Waals surface area contributed by atoms with E-state index in [1.807, 2.05) is 12.1 Å². The van der Waals surface area contributed by atoms with Crippen molar-refractivity contribution >= 4 is 11.8 Å². The molecule has 0 saturated heterocycles. The Morgan fingerprint density at radius 2 is 2.08 bits per heavy atom. The van der Waals surface area contributed by atoms with Crippen LogP contribution >= 0.6 is 11.8 Å². The first-order valence-corrected chi connectivity index (χ1v) is 9.20. The molecule has 0 spiro atoms. The van der Waals surface area contributed by atoms with Gasteiger partial charge in [-0.1, -0.05) is 19.3 Å². The van der Waals surface area contributed by atoms with E-state index in [0.717, 1.165) is 29.6 Å². The predicted molar refractivity (Wildman–Crippen MR) is 92.6 cm³/mol. The standard InChI is InChI=1S/C17H19N5O2S/c1-23-14-9-10-18-16(19-14)25-17-21-20-15(13-8-5-11-24-13)22(17)12-6-3-2-4-7-12/h5,8-12H,2-4,6-7H2,1H3. The first kappa shape index (κ1) is 16.1. The summed E-state index contributed by atoms with van der Waals surface area (Å²) in [6.07, 6.45) is 9.32. The summed E-state index contributed by atoms with van der Waals surface area (Å²) in [5.74, 6) is 2.03. The third kappa shape index (κ3) is 3.39. The summed E-state index contributed by atoms with van der Waals surface area (Å²) >= 11 is 1.40. The van der Waals surface area contributed by atoms with Gasteiger partial charge in [0, 0.05) is 18.3 Å². The Hall–Kier alpha value is -2.35. The van der Waals surface area contributed by atoms with Crippen molar-refractivity contribution in [2.24, 2.45) is 0 Å². The normalized spacial score (nSPS) is 15.4. The fraction of sp³-hybridized carbons (Fsp3) is 0.412. The van der Waals surface area contributed by atoms with Gasteiger partial charge in [0.1, 0.15) is 0 Å². The maximum Gasteiger partial charge on any atom is 0.217 e. The SMILES string of the molecule is COc1ccnc(Sc2nnc(-c3ccco3)n2C2CCCCC2)n1. The summed E-state index contributed by atoms with van der Waals surface area (Å²) in [4.78, 5) is 8.68. The van der Waals surface area contributed by atoms with Crippen LogP contribution < -0.4 is 4.74 Å². The van der Waals surface area contributed by atoms with Crippen molar-refractivity contribution in [3.8, 4) is 17.5 Å². The molecular formula is C17H19N5O2S. The zero-order valence-electron chi connectivity index (χ0n) is 14.0. The number of nitrogens with zero attached hydrogens (tertiary/aromatic N) is 5. The lowest BCUT2D eigenvalue weighted by Crippen LogP contribution is -2.15. The zero-order chi connectivity index (χ0) is 17.1. The van der Waals surface area contributed by atoms with Gasteiger partial charge < -0.3 is 9.15 Å². The number of hydrogen-bond donors (Lipinski definition) is 0. The molecule has 130 valence electrons. The lowest BCUT2D eigenvalue weighted by atomic mass is 9.95. The molecule has 0 atom stereocenters. The van der Waals surface area contributed by atoms with Gasteiger partial charge in [-0.15, -0.1) is 10.2 Å². The highest BCUT2D eigenvalue weighted by atomic mass is 32.2. The molecular weight excluding hydrogens is 338 g/mol. The highest BCUT2D eigenvalue weighted by molar-refractivity contribution is 7.99. The molecule has 0 aliphatic heterocycles. The van der Waals surface area contributed by atoms with Gasteiger partial charge in [0.2, 0.25) is 11.7 Å². The van der Waals surface area contributed by atoms with Gasteiger partial charge in [0.05, 0.1) is 13.4 Å². The minimum Gasteiger partial charge on any atom is -0.481 e. The molecule has 7 nitrogen and oxygen atoms in total. The maximum atomic E-state index is 5.57. The number of hydrogen-bond acceptors (Lipinski definition) is 7. The molecule has 1 aliphatic carbocycles. The van der Waals surface area contributed by atoms with Crippen LogP contribution in [-0.2, 0) is 0 Å². The van der Waals surface area contributed by atoms with Gasteiger partial charge in [0.25, 0.3) is 0 Å². The van der Waals surface area contributed by atoms with Crippen molar-refractivity contribution in [2.75, 3.05) is 7.11 Å². The van der Waals surface area contributed by atoms with Crippen molar-refractivity contribution in [1.29, 1.82) is 0 Å². The molecule has 3 aromatic heterocycles. The molecule has 0 aromatic carbocycles. The Morgan fingerprint density at radius 3 is 2.84 bits per heavy atom. The van der Waals surface area contributed by atoms with Crippen LogP contribution in [0, 0.1) is 0 Å². The van der Waals surface area contributed by atoms with E-state index >= 15 is 0 Å². The Morgan fingerprint density at radius 1 is 1.20 bits per heavy atom. The molecule has 4 rings (SSSR count). The molecule has 0 amide bonds. The molecule has 1 saturated carbocycles. The van der Waals surface area contributed by atoms with Crippen molar-refractivity contribution in [2.45, 2.75) is 48.5 Å². The van der Waals surface area contributed by atoms with Gasteiger partial charge >= 0.3 is 0 Å². The molecule has 0 unspecified atom stereocenters.